The number of nitrogens with one attached hydrogen (secondary N) is 1. The Morgan fingerprint density at radius 3 is 2.96 bits per heavy atom. The van der Waals surface area contributed by atoms with E-state index in [4.69, 9.17) is 9.26 Å². The number of carbonyl (C=O) groups excluding carboxylic acids is 1. The molecule has 0 atom stereocenters. The minimum Gasteiger partial charge on any atom is -0.375 e. The zero-order valence-electron chi connectivity index (χ0n) is 12.1. The zero-order valence-corrected chi connectivity index (χ0v) is 12.9. The van der Waals surface area contributed by atoms with Crippen LogP contribution in [-0.4, -0.2) is 22.7 Å². The number of thiazole rings is 1. The molecular formula is C16H13N3O3S. The van der Waals surface area contributed by atoms with Crippen molar-refractivity contribution in [1.29, 1.82) is 0 Å². The number of carbonyl (C=O) groups is 1. The maximum Gasteiger partial charge on any atom is 0.279 e. The van der Waals surface area contributed by atoms with Crippen molar-refractivity contribution in [3.8, 4) is 11.3 Å². The van der Waals surface area contributed by atoms with E-state index in [0.717, 1.165) is 22.6 Å². The van der Waals surface area contributed by atoms with E-state index in [9.17, 15) is 4.79 Å². The third-order valence-corrected chi connectivity index (χ3v) is 4.50. The van der Waals surface area contributed by atoms with Gasteiger partial charge in [-0.2, -0.15) is 0 Å². The monoisotopic (exact) mass is 327 g/mol. The molecule has 0 radical (unpaired) electrons. The van der Waals surface area contributed by atoms with Gasteiger partial charge in [-0.1, -0.05) is 46.8 Å². The topological polar surface area (TPSA) is 77.2 Å². The van der Waals surface area contributed by atoms with Crippen LogP contribution in [0.1, 0.15) is 21.1 Å². The molecule has 3 heterocycles. The highest BCUT2D eigenvalue weighted by Gasteiger charge is 2.19. The minimum atomic E-state index is -0.331. The van der Waals surface area contributed by atoms with Gasteiger partial charge in [0.05, 0.1) is 23.8 Å². The van der Waals surface area contributed by atoms with E-state index in [-0.39, 0.29) is 11.6 Å². The predicted molar refractivity (Wildman–Crippen MR) is 85.4 cm³/mol. The molecule has 3 aromatic rings. The zero-order chi connectivity index (χ0) is 15.6. The van der Waals surface area contributed by atoms with E-state index in [1.54, 1.807) is 6.07 Å². The molecule has 0 saturated carbocycles. The van der Waals surface area contributed by atoms with Crippen LogP contribution in [0.5, 0.6) is 0 Å². The van der Waals surface area contributed by atoms with Gasteiger partial charge in [-0.25, -0.2) is 4.98 Å². The molecule has 6 nitrogen and oxygen atoms in total. The third-order valence-electron chi connectivity index (χ3n) is 3.52. The summed E-state index contributed by atoms with van der Waals surface area (Å²) in [4.78, 5) is 17.8. The van der Waals surface area contributed by atoms with Gasteiger partial charge in [-0.3, -0.25) is 10.1 Å². The number of aromatic nitrogens is 2. The van der Waals surface area contributed by atoms with Crippen LogP contribution >= 0.6 is 11.3 Å². The fraction of sp³-hybridized carbons (Fsp3) is 0.188. The first kappa shape index (κ1) is 14.1. The number of nitrogens with zero attached hydrogens (tertiary/aromatic N) is 2. The van der Waals surface area contributed by atoms with Crippen molar-refractivity contribution in [2.45, 2.75) is 13.0 Å². The Balaban J connectivity index is 1.51. The molecule has 0 fully saturated rings. The van der Waals surface area contributed by atoms with Crippen LogP contribution in [0.2, 0.25) is 0 Å². The molecule has 23 heavy (non-hydrogen) atoms. The van der Waals surface area contributed by atoms with Crippen molar-refractivity contribution in [3.63, 3.8) is 0 Å². The summed E-state index contributed by atoms with van der Waals surface area (Å²) in [7, 11) is 0. The van der Waals surface area contributed by atoms with E-state index >= 15 is 0 Å². The van der Waals surface area contributed by atoms with E-state index < -0.39 is 0 Å². The van der Waals surface area contributed by atoms with Gasteiger partial charge < -0.3 is 9.26 Å². The smallest absolute Gasteiger partial charge is 0.279 e. The summed E-state index contributed by atoms with van der Waals surface area (Å²) in [6.45, 7) is 1.23. The number of hydrogen-bond donors (Lipinski definition) is 1. The van der Waals surface area contributed by atoms with E-state index in [1.165, 1.54) is 11.3 Å². The van der Waals surface area contributed by atoms with E-state index in [1.807, 2.05) is 30.3 Å². The Kier molecular flexibility index (Phi) is 3.64. The summed E-state index contributed by atoms with van der Waals surface area (Å²) in [6, 6.07) is 11.1. The average Bonchev–Trinajstić information content (AvgIpc) is 3.22. The maximum atomic E-state index is 12.3. The third kappa shape index (κ3) is 2.88. The van der Waals surface area contributed by atoms with Crippen molar-refractivity contribution in [2.75, 3.05) is 11.9 Å². The summed E-state index contributed by atoms with van der Waals surface area (Å²) < 4.78 is 10.6. The Labute approximate surface area is 136 Å². The molecule has 4 rings (SSSR count). The van der Waals surface area contributed by atoms with Crippen LogP contribution in [0.4, 0.5) is 5.13 Å². The molecule has 0 bridgehead atoms. The number of amides is 1. The molecule has 1 N–H and O–H groups in total. The summed E-state index contributed by atoms with van der Waals surface area (Å²) in [5.74, 6) is 0.227. The maximum absolute atomic E-state index is 12.3. The minimum absolute atomic E-state index is 0.230. The van der Waals surface area contributed by atoms with Gasteiger partial charge in [-0.15, -0.1) is 0 Å². The quantitative estimate of drug-likeness (QED) is 0.800. The fourth-order valence-electron chi connectivity index (χ4n) is 2.36. The normalized spacial score (nSPS) is 13.6. The SMILES string of the molecule is O=C(Nc1nc2c(s1)COCC2)c1cc(-c2ccccc2)on1. The summed E-state index contributed by atoms with van der Waals surface area (Å²) in [6.07, 6.45) is 0.782. The van der Waals surface area contributed by atoms with Gasteiger partial charge in [0, 0.05) is 18.1 Å². The second-order valence-corrected chi connectivity index (χ2v) is 6.17. The highest BCUT2D eigenvalue weighted by atomic mass is 32.1. The fourth-order valence-corrected chi connectivity index (χ4v) is 3.30. The van der Waals surface area contributed by atoms with Crippen molar-refractivity contribution in [1.82, 2.24) is 10.1 Å². The Bertz CT molecular complexity index is 818. The molecule has 1 aliphatic heterocycles. The lowest BCUT2D eigenvalue weighted by Crippen LogP contribution is -2.12. The molecular weight excluding hydrogens is 314 g/mol. The van der Waals surface area contributed by atoms with E-state index in [0.29, 0.717) is 24.1 Å². The van der Waals surface area contributed by atoms with Crippen molar-refractivity contribution in [2.24, 2.45) is 0 Å². The predicted octanol–water partition coefficient (Wildman–Crippen LogP) is 3.12. The van der Waals surface area contributed by atoms with Crippen LogP contribution in [0.25, 0.3) is 11.3 Å². The number of ether oxygens (including phenoxy) is 1. The summed E-state index contributed by atoms with van der Waals surface area (Å²) in [5, 5.41) is 7.17. The molecule has 1 aromatic carbocycles. The highest BCUT2D eigenvalue weighted by Crippen LogP contribution is 2.27. The average molecular weight is 327 g/mol. The second-order valence-electron chi connectivity index (χ2n) is 5.09. The van der Waals surface area contributed by atoms with Gasteiger partial charge >= 0.3 is 0 Å². The Hall–Kier alpha value is -2.51. The molecule has 7 heteroatoms. The number of hydrogen-bond acceptors (Lipinski definition) is 6. The lowest BCUT2D eigenvalue weighted by atomic mass is 10.1. The molecule has 2 aromatic heterocycles. The Morgan fingerprint density at radius 2 is 2.13 bits per heavy atom. The number of rotatable bonds is 3. The molecule has 0 spiro atoms. The molecule has 0 saturated heterocycles. The lowest BCUT2D eigenvalue weighted by Gasteiger charge is -2.08. The number of benzene rings is 1. The van der Waals surface area contributed by atoms with Gasteiger partial charge in [-0.05, 0) is 0 Å². The summed E-state index contributed by atoms with van der Waals surface area (Å²) >= 11 is 1.44. The second kappa shape index (κ2) is 5.94. The first-order valence-electron chi connectivity index (χ1n) is 7.19. The van der Waals surface area contributed by atoms with Gasteiger partial charge in [0.2, 0.25) is 0 Å². The van der Waals surface area contributed by atoms with Crippen molar-refractivity contribution in [3.05, 3.63) is 52.7 Å². The first-order valence-corrected chi connectivity index (χ1v) is 8.01. The standard InChI is InChI=1S/C16H13N3O3S/c20-15(18-16-17-11-6-7-21-9-14(11)23-16)12-8-13(22-19-12)10-4-2-1-3-5-10/h1-5,8H,6-7,9H2,(H,17,18,20). The van der Waals surface area contributed by atoms with Crippen LogP contribution in [0.3, 0.4) is 0 Å². The number of fused-ring (bicyclic) bond motifs is 1. The molecule has 1 amide bonds. The van der Waals surface area contributed by atoms with Crippen LogP contribution in [0, 0.1) is 0 Å². The molecule has 1 aliphatic rings. The van der Waals surface area contributed by atoms with Crippen LogP contribution in [-0.2, 0) is 17.8 Å². The van der Waals surface area contributed by atoms with Crippen LogP contribution in [0.15, 0.2) is 40.9 Å². The van der Waals surface area contributed by atoms with Crippen molar-refractivity contribution < 1.29 is 14.1 Å². The molecule has 0 aliphatic carbocycles. The van der Waals surface area contributed by atoms with Gasteiger partial charge in [0.15, 0.2) is 16.6 Å². The summed E-state index contributed by atoms with van der Waals surface area (Å²) in [5.41, 5.74) is 2.11. The first-order chi connectivity index (χ1) is 11.3. The van der Waals surface area contributed by atoms with Crippen LogP contribution < -0.4 is 5.32 Å². The van der Waals surface area contributed by atoms with Crippen molar-refractivity contribution >= 4 is 22.4 Å². The van der Waals surface area contributed by atoms with Gasteiger partial charge in [0.1, 0.15) is 0 Å². The lowest BCUT2D eigenvalue weighted by molar-refractivity contribution is 0.101. The molecule has 0 unspecified atom stereocenters. The number of anilines is 1. The van der Waals surface area contributed by atoms with E-state index in [2.05, 4.69) is 15.5 Å². The van der Waals surface area contributed by atoms with Gasteiger partial charge in [0.25, 0.3) is 5.91 Å². The Morgan fingerprint density at radius 1 is 1.26 bits per heavy atom. The highest BCUT2D eigenvalue weighted by molar-refractivity contribution is 7.15. The molecule has 116 valence electrons. The largest absolute Gasteiger partial charge is 0.375 e.